The third-order valence-electron chi connectivity index (χ3n) is 8.15. The number of hydrogen-bond donors (Lipinski definition) is 4. The topological polar surface area (TPSA) is 87.7 Å². The molecule has 180 valence electrons. The summed E-state index contributed by atoms with van der Waals surface area (Å²) in [5.74, 6) is -1.02. The minimum absolute atomic E-state index is 0.0160. The Balaban J connectivity index is 1.90. The molecule has 3 aliphatic rings. The second-order valence-electron chi connectivity index (χ2n) is 9.85. The Kier molecular flexibility index (Phi) is 6.51. The van der Waals surface area contributed by atoms with Crippen LogP contribution in [0.5, 0.6) is 0 Å². The van der Waals surface area contributed by atoms with Crippen LogP contribution in [0.3, 0.4) is 0 Å². The SMILES string of the molecule is C[C@@H](S)C1CC=C2C(CC(O)C3(S)[C@@H](c4ccc(=O)oc4)C(Cl)(Cl)CC23O)[C@@]1(C)/C=C\C=O. The van der Waals surface area contributed by atoms with Gasteiger partial charge in [0, 0.05) is 23.7 Å². The number of halogens is 2. The highest BCUT2D eigenvalue weighted by molar-refractivity contribution is 7.82. The molecular formula is C24H28Cl2O5S2. The monoisotopic (exact) mass is 530 g/mol. The maximum Gasteiger partial charge on any atom is 0.335 e. The lowest BCUT2D eigenvalue weighted by atomic mass is 9.51. The Morgan fingerprint density at radius 1 is 1.33 bits per heavy atom. The predicted molar refractivity (Wildman–Crippen MR) is 136 cm³/mol. The van der Waals surface area contributed by atoms with Gasteiger partial charge in [0.2, 0.25) is 0 Å². The summed E-state index contributed by atoms with van der Waals surface area (Å²) in [7, 11) is 0. The van der Waals surface area contributed by atoms with Crippen LogP contribution in [0.25, 0.3) is 0 Å². The molecule has 4 rings (SSSR count). The highest BCUT2D eigenvalue weighted by Crippen LogP contribution is 2.71. The van der Waals surface area contributed by atoms with Gasteiger partial charge in [-0.2, -0.15) is 25.3 Å². The van der Waals surface area contributed by atoms with Crippen molar-refractivity contribution >= 4 is 54.7 Å². The van der Waals surface area contributed by atoms with Crippen LogP contribution < -0.4 is 5.63 Å². The quantitative estimate of drug-likeness (QED) is 0.155. The fourth-order valence-corrected chi connectivity index (χ4v) is 8.93. The van der Waals surface area contributed by atoms with Crippen molar-refractivity contribution in [3.8, 4) is 0 Å². The summed E-state index contributed by atoms with van der Waals surface area (Å²) < 4.78 is 2.12. The highest BCUT2D eigenvalue weighted by Gasteiger charge is 2.75. The Labute approximate surface area is 214 Å². The zero-order valence-corrected chi connectivity index (χ0v) is 21.6. The highest BCUT2D eigenvalue weighted by atomic mass is 35.5. The van der Waals surface area contributed by atoms with Crippen LogP contribution in [0.15, 0.2) is 51.4 Å². The van der Waals surface area contributed by atoms with Gasteiger partial charge in [0.25, 0.3) is 0 Å². The number of alkyl halides is 2. The number of aliphatic hydroxyl groups excluding tert-OH is 1. The third kappa shape index (κ3) is 3.61. The van der Waals surface area contributed by atoms with E-state index >= 15 is 0 Å². The van der Waals surface area contributed by atoms with Gasteiger partial charge in [0.1, 0.15) is 16.2 Å². The fourth-order valence-electron chi connectivity index (χ4n) is 6.67. The molecule has 9 heteroatoms. The van der Waals surface area contributed by atoms with Gasteiger partial charge in [-0.05, 0) is 53.4 Å². The van der Waals surface area contributed by atoms with Gasteiger partial charge in [-0.1, -0.05) is 26.0 Å². The summed E-state index contributed by atoms with van der Waals surface area (Å²) in [5.41, 5.74) is -1.51. The van der Waals surface area contributed by atoms with E-state index in [0.29, 0.717) is 12.0 Å². The summed E-state index contributed by atoms with van der Waals surface area (Å²) in [4.78, 5) is 22.7. The van der Waals surface area contributed by atoms with Crippen molar-refractivity contribution < 1.29 is 19.4 Å². The van der Waals surface area contributed by atoms with E-state index in [1.54, 1.807) is 6.07 Å². The first-order valence-corrected chi connectivity index (χ1v) is 12.7. The Morgan fingerprint density at radius 3 is 2.61 bits per heavy atom. The van der Waals surface area contributed by atoms with Crippen molar-refractivity contribution in [2.24, 2.45) is 17.3 Å². The van der Waals surface area contributed by atoms with Gasteiger partial charge < -0.3 is 14.6 Å². The first-order valence-electron chi connectivity index (χ1n) is 10.9. The minimum Gasteiger partial charge on any atom is -0.431 e. The van der Waals surface area contributed by atoms with Crippen molar-refractivity contribution in [1.29, 1.82) is 0 Å². The average Bonchev–Trinajstić information content (AvgIpc) is 2.91. The molecule has 0 aliphatic heterocycles. The van der Waals surface area contributed by atoms with E-state index in [0.717, 1.165) is 11.9 Å². The largest absolute Gasteiger partial charge is 0.431 e. The molecule has 33 heavy (non-hydrogen) atoms. The summed E-state index contributed by atoms with van der Waals surface area (Å²) in [6, 6.07) is 2.80. The summed E-state index contributed by atoms with van der Waals surface area (Å²) in [6.45, 7) is 4.05. The number of rotatable bonds is 4. The molecular weight excluding hydrogens is 503 g/mol. The standard InChI is InChI=1S/C24H28Cl2O5S2/c1-13(32)15-5-6-16-17(21(15,2)8-3-9-27)10-18(28)24(33)20(14-4-7-19(29)31-11-14)23(25,26)12-22(16,24)30/h3-4,6-9,11,13,15,17-18,20,28,30,32-33H,5,10,12H2,1-2H3/b8-3-/t13-,15?,17?,18?,20+,21+,22?,24?/m1/s1. The van der Waals surface area contributed by atoms with Crippen LogP contribution in [0.4, 0.5) is 0 Å². The molecule has 2 saturated carbocycles. The van der Waals surface area contributed by atoms with Crippen LogP contribution in [-0.2, 0) is 4.79 Å². The molecule has 0 aromatic carbocycles. The van der Waals surface area contributed by atoms with E-state index in [9.17, 15) is 19.8 Å². The Bertz CT molecular complexity index is 1050. The zero-order valence-electron chi connectivity index (χ0n) is 18.3. The molecule has 3 aliphatic carbocycles. The number of allylic oxidation sites excluding steroid dienone is 3. The number of fused-ring (bicyclic) bond motifs is 3. The predicted octanol–water partition coefficient (Wildman–Crippen LogP) is 4.11. The number of thiol groups is 2. The van der Waals surface area contributed by atoms with Gasteiger partial charge in [0.05, 0.1) is 17.1 Å². The van der Waals surface area contributed by atoms with Gasteiger partial charge in [-0.3, -0.25) is 4.79 Å². The normalized spacial score (nSPS) is 43.0. The third-order valence-corrected chi connectivity index (χ3v) is 10.1. The summed E-state index contributed by atoms with van der Waals surface area (Å²) >= 11 is 23.3. The van der Waals surface area contributed by atoms with Gasteiger partial charge >= 0.3 is 5.63 Å². The maximum atomic E-state index is 12.3. The number of aliphatic hydroxyl groups is 2. The lowest BCUT2D eigenvalue weighted by Crippen LogP contribution is -2.65. The van der Waals surface area contributed by atoms with Crippen LogP contribution in [0, 0.1) is 17.3 Å². The second-order valence-corrected chi connectivity index (χ2v) is 12.9. The first kappa shape index (κ1) is 25.4. The molecule has 5 unspecified atom stereocenters. The molecule has 0 amide bonds. The summed E-state index contributed by atoms with van der Waals surface area (Å²) in [6.07, 6.45) is 7.09. The minimum atomic E-state index is -1.64. The van der Waals surface area contributed by atoms with Crippen LogP contribution in [-0.4, -0.2) is 42.5 Å². The smallest absolute Gasteiger partial charge is 0.335 e. The number of carbonyl (C=O) groups is 1. The lowest BCUT2D eigenvalue weighted by Gasteiger charge is -2.59. The van der Waals surface area contributed by atoms with Gasteiger partial charge in [0.15, 0.2) is 0 Å². The van der Waals surface area contributed by atoms with Crippen molar-refractivity contribution in [2.75, 3.05) is 0 Å². The molecule has 0 bridgehead atoms. The van der Waals surface area contributed by atoms with Crippen LogP contribution in [0.2, 0.25) is 0 Å². The van der Waals surface area contributed by atoms with Crippen LogP contribution in [0.1, 0.15) is 44.6 Å². The maximum absolute atomic E-state index is 12.3. The Hall–Kier alpha value is -0.700. The average molecular weight is 532 g/mol. The molecule has 2 fully saturated rings. The summed E-state index contributed by atoms with van der Waals surface area (Å²) in [5, 5.41) is 23.8. The van der Waals surface area contributed by atoms with Crippen molar-refractivity contribution in [2.45, 2.75) is 65.1 Å². The van der Waals surface area contributed by atoms with E-state index in [2.05, 4.69) is 0 Å². The van der Waals surface area contributed by atoms with E-state index in [1.807, 2.05) is 26.0 Å². The van der Waals surface area contributed by atoms with Crippen molar-refractivity contribution in [3.05, 3.63) is 58.2 Å². The van der Waals surface area contributed by atoms with Gasteiger partial charge in [-0.15, -0.1) is 23.2 Å². The van der Waals surface area contributed by atoms with E-state index in [-0.39, 0.29) is 29.9 Å². The molecule has 2 N–H and O–H groups in total. The Morgan fingerprint density at radius 2 is 2.03 bits per heavy atom. The molecule has 0 radical (unpaired) electrons. The van der Waals surface area contributed by atoms with E-state index < -0.39 is 37.7 Å². The van der Waals surface area contributed by atoms with Crippen molar-refractivity contribution in [3.63, 3.8) is 0 Å². The van der Waals surface area contributed by atoms with E-state index in [1.165, 1.54) is 18.4 Å². The van der Waals surface area contributed by atoms with Gasteiger partial charge in [-0.25, -0.2) is 4.79 Å². The second kappa shape index (κ2) is 8.45. The van der Waals surface area contributed by atoms with Crippen LogP contribution >= 0.6 is 48.5 Å². The molecule has 0 saturated heterocycles. The number of carbonyl (C=O) groups excluding carboxylic acids is 1. The molecule has 8 atom stereocenters. The fraction of sp³-hybridized carbons (Fsp3) is 0.583. The van der Waals surface area contributed by atoms with E-state index in [4.69, 9.17) is 52.9 Å². The molecule has 5 nitrogen and oxygen atoms in total. The molecule has 1 aromatic rings. The molecule has 0 spiro atoms. The number of hydrogen-bond acceptors (Lipinski definition) is 7. The molecule has 1 aromatic heterocycles. The lowest BCUT2D eigenvalue weighted by molar-refractivity contribution is -0.104. The number of aldehydes is 1. The zero-order chi connectivity index (χ0) is 24.4. The van der Waals surface area contributed by atoms with Crippen molar-refractivity contribution in [1.82, 2.24) is 0 Å². The molecule has 1 heterocycles. The first-order chi connectivity index (χ1) is 15.3.